The Bertz CT molecular complexity index is 860. The van der Waals surface area contributed by atoms with Crippen LogP contribution < -0.4 is 0 Å². The first kappa shape index (κ1) is 20.8. The summed E-state index contributed by atoms with van der Waals surface area (Å²) >= 11 is 1.87. The van der Waals surface area contributed by atoms with Crippen LogP contribution in [-0.2, 0) is 18.4 Å². The van der Waals surface area contributed by atoms with Crippen LogP contribution in [0.15, 0.2) is 41.8 Å². The van der Waals surface area contributed by atoms with Gasteiger partial charge in [-0.25, -0.2) is 0 Å². The van der Waals surface area contributed by atoms with Gasteiger partial charge < -0.3 is 4.57 Å². The fourth-order valence-electron chi connectivity index (χ4n) is 4.27. The van der Waals surface area contributed by atoms with Gasteiger partial charge in [0.15, 0.2) is 5.82 Å². The van der Waals surface area contributed by atoms with Crippen molar-refractivity contribution in [3.63, 3.8) is 0 Å². The number of aromatic nitrogens is 3. The van der Waals surface area contributed by atoms with E-state index in [-0.39, 0.29) is 5.41 Å². The number of thiophene rings is 1. The molecule has 3 heterocycles. The molecule has 28 heavy (non-hydrogen) atoms. The molecule has 2 aromatic heterocycles. The standard InChI is InChI=1S/C20H21N3S.2C2H6/c1-2-9-16-15(7-1)8-3-4-13-23-18(16)21-22-19(23)20(11-6-12-20)17-10-5-14-24-17;2*1-2/h1-2,5,7,9-10,14H,3-4,6,8,11-13H2;2*1-2H3. The van der Waals surface area contributed by atoms with E-state index in [9.17, 15) is 0 Å². The molecule has 0 unspecified atom stereocenters. The highest BCUT2D eigenvalue weighted by Crippen LogP contribution is 2.50. The van der Waals surface area contributed by atoms with Gasteiger partial charge in [0.05, 0.1) is 5.41 Å². The van der Waals surface area contributed by atoms with Gasteiger partial charge in [0.25, 0.3) is 0 Å². The minimum absolute atomic E-state index is 0.105. The third-order valence-corrected chi connectivity index (χ3v) is 6.79. The van der Waals surface area contributed by atoms with Crippen LogP contribution in [0.25, 0.3) is 11.4 Å². The molecule has 1 aliphatic heterocycles. The van der Waals surface area contributed by atoms with Gasteiger partial charge in [-0.05, 0) is 49.1 Å². The minimum atomic E-state index is 0.105. The highest BCUT2D eigenvalue weighted by Gasteiger charge is 2.45. The molecule has 3 nitrogen and oxygen atoms in total. The molecule has 1 aliphatic carbocycles. The van der Waals surface area contributed by atoms with Crippen LogP contribution in [0.2, 0.25) is 0 Å². The van der Waals surface area contributed by atoms with Crippen molar-refractivity contribution in [2.45, 2.75) is 78.2 Å². The largest absolute Gasteiger partial charge is 0.310 e. The Morgan fingerprint density at radius 1 is 0.893 bits per heavy atom. The van der Waals surface area contributed by atoms with E-state index in [1.54, 1.807) is 0 Å². The Morgan fingerprint density at radius 3 is 2.36 bits per heavy atom. The van der Waals surface area contributed by atoms with Crippen LogP contribution in [0.1, 0.15) is 76.1 Å². The maximum atomic E-state index is 4.75. The summed E-state index contributed by atoms with van der Waals surface area (Å²) in [6.07, 6.45) is 7.28. The van der Waals surface area contributed by atoms with Gasteiger partial charge in [-0.1, -0.05) is 64.4 Å². The minimum Gasteiger partial charge on any atom is -0.310 e. The molecule has 0 spiro atoms. The molecule has 0 amide bonds. The molecule has 5 rings (SSSR count). The molecule has 0 bridgehead atoms. The summed E-state index contributed by atoms with van der Waals surface area (Å²) in [4.78, 5) is 1.46. The zero-order chi connectivity index (χ0) is 20.0. The van der Waals surface area contributed by atoms with Crippen molar-refractivity contribution in [3.05, 3.63) is 58.0 Å². The first-order valence-corrected chi connectivity index (χ1v) is 11.8. The first-order chi connectivity index (χ1) is 13.9. The third-order valence-electron chi connectivity index (χ3n) is 5.71. The van der Waals surface area contributed by atoms with Gasteiger partial charge in [-0.15, -0.1) is 21.5 Å². The van der Waals surface area contributed by atoms with Crippen molar-refractivity contribution in [3.8, 4) is 11.4 Å². The lowest BCUT2D eigenvalue weighted by molar-refractivity contribution is 0.279. The summed E-state index contributed by atoms with van der Waals surface area (Å²) < 4.78 is 2.43. The van der Waals surface area contributed by atoms with Crippen LogP contribution in [0, 0.1) is 0 Å². The van der Waals surface area contributed by atoms with E-state index in [0.717, 1.165) is 18.8 Å². The van der Waals surface area contributed by atoms with Crippen LogP contribution in [0.4, 0.5) is 0 Å². The van der Waals surface area contributed by atoms with Gasteiger partial charge in [0, 0.05) is 17.0 Å². The molecule has 2 aliphatic rings. The monoisotopic (exact) mass is 395 g/mol. The van der Waals surface area contributed by atoms with E-state index in [2.05, 4.69) is 51.4 Å². The molecule has 4 heteroatoms. The van der Waals surface area contributed by atoms with E-state index >= 15 is 0 Å². The van der Waals surface area contributed by atoms with Crippen molar-refractivity contribution in [2.24, 2.45) is 0 Å². The summed E-state index contributed by atoms with van der Waals surface area (Å²) in [5, 5.41) is 11.6. The predicted octanol–water partition coefficient (Wildman–Crippen LogP) is 6.87. The number of benzene rings is 1. The van der Waals surface area contributed by atoms with Crippen LogP contribution in [-0.4, -0.2) is 14.8 Å². The molecule has 0 radical (unpaired) electrons. The number of hydrogen-bond donors (Lipinski definition) is 0. The summed E-state index contributed by atoms with van der Waals surface area (Å²) in [6.45, 7) is 9.04. The maximum absolute atomic E-state index is 4.75. The van der Waals surface area contributed by atoms with Gasteiger partial charge in [-0.3, -0.25) is 0 Å². The first-order valence-electron chi connectivity index (χ1n) is 10.9. The zero-order valence-corrected chi connectivity index (χ0v) is 18.6. The average molecular weight is 396 g/mol. The maximum Gasteiger partial charge on any atom is 0.164 e. The molecule has 0 atom stereocenters. The van der Waals surface area contributed by atoms with E-state index < -0.39 is 0 Å². The molecule has 0 saturated heterocycles. The second kappa shape index (κ2) is 9.51. The lowest BCUT2D eigenvalue weighted by atomic mass is 9.67. The molecule has 3 aromatic rings. The molecule has 150 valence electrons. The molecular weight excluding hydrogens is 362 g/mol. The number of fused-ring (bicyclic) bond motifs is 3. The molecule has 1 saturated carbocycles. The Morgan fingerprint density at radius 2 is 1.68 bits per heavy atom. The van der Waals surface area contributed by atoms with E-state index in [4.69, 9.17) is 5.10 Å². The van der Waals surface area contributed by atoms with E-state index in [1.165, 1.54) is 53.9 Å². The number of rotatable bonds is 2. The van der Waals surface area contributed by atoms with Gasteiger partial charge in [0.1, 0.15) is 5.82 Å². The average Bonchev–Trinajstić information content (AvgIpc) is 3.37. The molecule has 1 fully saturated rings. The van der Waals surface area contributed by atoms with E-state index in [0.29, 0.717) is 0 Å². The summed E-state index contributed by atoms with van der Waals surface area (Å²) in [6, 6.07) is 13.2. The van der Waals surface area contributed by atoms with Crippen molar-refractivity contribution < 1.29 is 0 Å². The molecular formula is C24H33N3S. The highest BCUT2D eigenvalue weighted by atomic mass is 32.1. The Balaban J connectivity index is 0.000000531. The Hall–Kier alpha value is -1.94. The van der Waals surface area contributed by atoms with Crippen LogP contribution in [0.5, 0.6) is 0 Å². The lowest BCUT2D eigenvalue weighted by Crippen LogP contribution is -2.38. The topological polar surface area (TPSA) is 30.7 Å². The summed E-state index contributed by atoms with van der Waals surface area (Å²) in [7, 11) is 0. The quantitative estimate of drug-likeness (QED) is 0.474. The Labute approximate surface area is 173 Å². The van der Waals surface area contributed by atoms with Crippen LogP contribution >= 0.6 is 11.3 Å². The Kier molecular flexibility index (Phi) is 7.06. The second-order valence-corrected chi connectivity index (χ2v) is 7.97. The van der Waals surface area contributed by atoms with Crippen molar-refractivity contribution in [1.82, 2.24) is 14.8 Å². The van der Waals surface area contributed by atoms with Crippen molar-refractivity contribution in [2.75, 3.05) is 0 Å². The van der Waals surface area contributed by atoms with E-state index in [1.807, 2.05) is 39.0 Å². The highest BCUT2D eigenvalue weighted by molar-refractivity contribution is 7.10. The molecule has 1 aromatic carbocycles. The smallest absolute Gasteiger partial charge is 0.164 e. The normalized spacial score (nSPS) is 16.6. The summed E-state index contributed by atoms with van der Waals surface area (Å²) in [5.74, 6) is 2.27. The van der Waals surface area contributed by atoms with Gasteiger partial charge in [-0.2, -0.15) is 0 Å². The number of aryl methyl sites for hydroxylation is 1. The van der Waals surface area contributed by atoms with Crippen molar-refractivity contribution in [1.29, 1.82) is 0 Å². The SMILES string of the molecule is CC.CC.c1csc(C2(c3nnc4n3CCCCc3ccccc3-4)CCC2)c1. The number of hydrogen-bond acceptors (Lipinski definition) is 3. The second-order valence-electron chi connectivity index (χ2n) is 7.03. The predicted molar refractivity (Wildman–Crippen MR) is 120 cm³/mol. The van der Waals surface area contributed by atoms with Crippen LogP contribution in [0.3, 0.4) is 0 Å². The number of nitrogens with zero attached hydrogens (tertiary/aromatic N) is 3. The fourth-order valence-corrected chi connectivity index (χ4v) is 5.25. The van der Waals surface area contributed by atoms with Crippen molar-refractivity contribution >= 4 is 11.3 Å². The molecule has 0 N–H and O–H groups in total. The third kappa shape index (κ3) is 3.55. The van der Waals surface area contributed by atoms with Gasteiger partial charge >= 0.3 is 0 Å². The lowest BCUT2D eigenvalue weighted by Gasteiger charge is -2.40. The summed E-state index contributed by atoms with van der Waals surface area (Å²) in [5.41, 5.74) is 2.79. The van der Waals surface area contributed by atoms with Gasteiger partial charge in [0.2, 0.25) is 0 Å². The fraction of sp³-hybridized carbons (Fsp3) is 0.500. The zero-order valence-electron chi connectivity index (χ0n) is 17.7.